The van der Waals surface area contributed by atoms with Gasteiger partial charge in [-0.25, -0.2) is 0 Å². The number of nitro benzene ring substituents is 1. The topological polar surface area (TPSA) is 78.4 Å². The van der Waals surface area contributed by atoms with Gasteiger partial charge < -0.3 is 10.5 Å². The Bertz CT molecular complexity index is 679. The predicted octanol–water partition coefficient (Wildman–Crippen LogP) is 4.13. The molecule has 7 heteroatoms. The molecule has 0 aliphatic heterocycles. The molecule has 0 bridgehead atoms. The van der Waals surface area contributed by atoms with Gasteiger partial charge in [-0.1, -0.05) is 17.7 Å². The highest BCUT2D eigenvalue weighted by atomic mass is 35.5. The number of rotatable bonds is 5. The molecule has 0 aromatic heterocycles. The molecule has 0 amide bonds. The standard InChI is InChI=1S/C14H13ClN2O3S/c1-20-13-5-2-9(6-12(13)17(18)19)8-21-14-7-10(15)3-4-11(14)16/h2-7H,8,16H2,1H3. The van der Waals surface area contributed by atoms with E-state index in [0.717, 1.165) is 10.5 Å². The van der Waals surface area contributed by atoms with Gasteiger partial charge in [0.1, 0.15) is 0 Å². The van der Waals surface area contributed by atoms with Gasteiger partial charge in [0.25, 0.3) is 0 Å². The zero-order chi connectivity index (χ0) is 15.4. The molecule has 0 radical (unpaired) electrons. The number of halogens is 1. The number of thioether (sulfide) groups is 1. The molecule has 2 N–H and O–H groups in total. The molecule has 0 spiro atoms. The molecule has 0 saturated carbocycles. The lowest BCUT2D eigenvalue weighted by atomic mass is 10.2. The number of anilines is 1. The summed E-state index contributed by atoms with van der Waals surface area (Å²) in [6, 6.07) is 10.1. The van der Waals surface area contributed by atoms with Gasteiger partial charge in [0.2, 0.25) is 0 Å². The first kappa shape index (κ1) is 15.5. The van der Waals surface area contributed by atoms with Gasteiger partial charge in [-0.15, -0.1) is 11.8 Å². The van der Waals surface area contributed by atoms with E-state index in [-0.39, 0.29) is 11.4 Å². The van der Waals surface area contributed by atoms with Crippen molar-refractivity contribution in [3.8, 4) is 5.75 Å². The number of benzene rings is 2. The molecule has 2 aromatic rings. The van der Waals surface area contributed by atoms with E-state index in [9.17, 15) is 10.1 Å². The first-order valence-electron chi connectivity index (χ1n) is 6.00. The summed E-state index contributed by atoms with van der Waals surface area (Å²) in [5.74, 6) is 0.797. The van der Waals surface area contributed by atoms with Crippen molar-refractivity contribution >= 4 is 34.7 Å². The second kappa shape index (κ2) is 6.69. The van der Waals surface area contributed by atoms with Crippen molar-refractivity contribution in [3.05, 3.63) is 57.1 Å². The quantitative estimate of drug-likeness (QED) is 0.387. The van der Waals surface area contributed by atoms with E-state index in [4.69, 9.17) is 22.1 Å². The second-order valence-electron chi connectivity index (χ2n) is 4.23. The van der Waals surface area contributed by atoms with E-state index in [0.29, 0.717) is 16.5 Å². The van der Waals surface area contributed by atoms with Crippen LogP contribution in [0, 0.1) is 10.1 Å². The Morgan fingerprint density at radius 2 is 2.10 bits per heavy atom. The third kappa shape index (κ3) is 3.80. The number of ether oxygens (including phenoxy) is 1. The molecule has 0 atom stereocenters. The molecule has 0 saturated heterocycles. The molecule has 0 unspecified atom stereocenters. The SMILES string of the molecule is COc1ccc(CSc2cc(Cl)ccc2N)cc1[N+](=O)[O-]. The zero-order valence-corrected chi connectivity index (χ0v) is 12.8. The monoisotopic (exact) mass is 324 g/mol. The largest absolute Gasteiger partial charge is 0.490 e. The number of nitrogens with zero attached hydrogens (tertiary/aromatic N) is 1. The van der Waals surface area contributed by atoms with Crippen LogP contribution in [-0.4, -0.2) is 12.0 Å². The van der Waals surface area contributed by atoms with Crippen LogP contribution in [0.25, 0.3) is 0 Å². The maximum absolute atomic E-state index is 11.0. The van der Waals surface area contributed by atoms with Gasteiger partial charge in [-0.05, 0) is 29.8 Å². The summed E-state index contributed by atoms with van der Waals surface area (Å²) < 4.78 is 4.97. The van der Waals surface area contributed by atoms with Crippen molar-refractivity contribution in [3.63, 3.8) is 0 Å². The Morgan fingerprint density at radius 3 is 2.76 bits per heavy atom. The highest BCUT2D eigenvalue weighted by Gasteiger charge is 2.15. The molecule has 0 fully saturated rings. The molecule has 0 aliphatic carbocycles. The van der Waals surface area contributed by atoms with Crippen LogP contribution in [0.2, 0.25) is 5.02 Å². The van der Waals surface area contributed by atoms with E-state index in [1.54, 1.807) is 30.3 Å². The Kier molecular flexibility index (Phi) is 4.93. The first-order chi connectivity index (χ1) is 10.0. The summed E-state index contributed by atoms with van der Waals surface area (Å²) in [5.41, 5.74) is 7.27. The fourth-order valence-corrected chi connectivity index (χ4v) is 2.95. The number of nitrogen functional groups attached to an aromatic ring is 1. The molecule has 5 nitrogen and oxygen atoms in total. The summed E-state index contributed by atoms with van der Waals surface area (Å²) >= 11 is 7.41. The van der Waals surface area contributed by atoms with Gasteiger partial charge >= 0.3 is 5.69 Å². The average Bonchev–Trinajstić information content (AvgIpc) is 2.47. The predicted molar refractivity (Wildman–Crippen MR) is 85.1 cm³/mol. The van der Waals surface area contributed by atoms with Crippen LogP contribution in [0.5, 0.6) is 5.75 Å². The Labute approximate surface area is 131 Å². The smallest absolute Gasteiger partial charge is 0.311 e. The Morgan fingerprint density at radius 1 is 1.33 bits per heavy atom. The molecule has 2 aromatic carbocycles. The van der Waals surface area contributed by atoms with Crippen LogP contribution in [0.1, 0.15) is 5.56 Å². The normalized spacial score (nSPS) is 10.4. The van der Waals surface area contributed by atoms with Gasteiger partial charge in [0.15, 0.2) is 5.75 Å². The van der Waals surface area contributed by atoms with Crippen molar-refractivity contribution in [1.29, 1.82) is 0 Å². The average molecular weight is 325 g/mol. The number of nitro groups is 1. The lowest BCUT2D eigenvalue weighted by Crippen LogP contribution is -1.95. The minimum absolute atomic E-state index is 0.0466. The van der Waals surface area contributed by atoms with Gasteiger partial charge in [0, 0.05) is 27.4 Å². The minimum atomic E-state index is -0.458. The van der Waals surface area contributed by atoms with Gasteiger partial charge in [-0.2, -0.15) is 0 Å². The van der Waals surface area contributed by atoms with Crippen molar-refractivity contribution < 1.29 is 9.66 Å². The molecular formula is C14H13ClN2O3S. The molecule has 0 aliphatic rings. The summed E-state index contributed by atoms with van der Waals surface area (Å²) in [6.45, 7) is 0. The van der Waals surface area contributed by atoms with E-state index >= 15 is 0 Å². The fourth-order valence-electron chi connectivity index (χ4n) is 1.76. The van der Waals surface area contributed by atoms with Crippen LogP contribution in [-0.2, 0) is 5.75 Å². The molecule has 21 heavy (non-hydrogen) atoms. The number of hydrogen-bond donors (Lipinski definition) is 1. The van der Waals surface area contributed by atoms with E-state index in [1.807, 2.05) is 0 Å². The molecular weight excluding hydrogens is 312 g/mol. The number of nitrogens with two attached hydrogens (primary N) is 1. The van der Waals surface area contributed by atoms with Crippen LogP contribution in [0.15, 0.2) is 41.3 Å². The van der Waals surface area contributed by atoms with Crippen molar-refractivity contribution in [2.45, 2.75) is 10.6 Å². The van der Waals surface area contributed by atoms with Crippen LogP contribution in [0.4, 0.5) is 11.4 Å². The maximum atomic E-state index is 11.0. The van der Waals surface area contributed by atoms with Crippen molar-refractivity contribution in [2.75, 3.05) is 12.8 Å². The Balaban J connectivity index is 2.18. The van der Waals surface area contributed by atoms with Crippen LogP contribution in [0.3, 0.4) is 0 Å². The minimum Gasteiger partial charge on any atom is -0.490 e. The van der Waals surface area contributed by atoms with Crippen molar-refractivity contribution in [1.82, 2.24) is 0 Å². The van der Waals surface area contributed by atoms with E-state index < -0.39 is 4.92 Å². The van der Waals surface area contributed by atoms with Crippen LogP contribution >= 0.6 is 23.4 Å². The zero-order valence-electron chi connectivity index (χ0n) is 11.2. The summed E-state index contributed by atoms with van der Waals surface area (Å²) in [5, 5.41) is 11.6. The third-order valence-corrected chi connectivity index (χ3v) is 4.19. The van der Waals surface area contributed by atoms with E-state index in [2.05, 4.69) is 0 Å². The lowest BCUT2D eigenvalue weighted by Gasteiger charge is -2.07. The fraction of sp³-hybridized carbons (Fsp3) is 0.143. The molecule has 110 valence electrons. The second-order valence-corrected chi connectivity index (χ2v) is 5.69. The number of hydrogen-bond acceptors (Lipinski definition) is 5. The van der Waals surface area contributed by atoms with Crippen LogP contribution < -0.4 is 10.5 Å². The van der Waals surface area contributed by atoms with Gasteiger partial charge in [0.05, 0.1) is 12.0 Å². The highest BCUT2D eigenvalue weighted by Crippen LogP contribution is 2.33. The van der Waals surface area contributed by atoms with Crippen molar-refractivity contribution in [2.24, 2.45) is 0 Å². The molecule has 2 rings (SSSR count). The van der Waals surface area contributed by atoms with Gasteiger partial charge in [-0.3, -0.25) is 10.1 Å². The third-order valence-electron chi connectivity index (χ3n) is 2.81. The number of methoxy groups -OCH3 is 1. The summed E-state index contributed by atoms with van der Waals surface area (Å²) in [4.78, 5) is 11.4. The maximum Gasteiger partial charge on any atom is 0.311 e. The lowest BCUT2D eigenvalue weighted by molar-refractivity contribution is -0.385. The highest BCUT2D eigenvalue weighted by molar-refractivity contribution is 7.98. The summed E-state index contributed by atoms with van der Waals surface area (Å²) in [7, 11) is 1.41. The van der Waals surface area contributed by atoms with E-state index in [1.165, 1.54) is 24.9 Å². The summed E-state index contributed by atoms with van der Waals surface area (Å²) in [6.07, 6.45) is 0. The first-order valence-corrected chi connectivity index (χ1v) is 7.36. The molecule has 0 heterocycles. The Hall–Kier alpha value is -1.92.